The largest absolute Gasteiger partial charge is 0.365 e. The van der Waals surface area contributed by atoms with Gasteiger partial charge in [-0.25, -0.2) is 13.8 Å². The molecule has 0 unspecified atom stereocenters. The van der Waals surface area contributed by atoms with Gasteiger partial charge in [0.05, 0.1) is 16.9 Å². The van der Waals surface area contributed by atoms with Crippen LogP contribution in [0, 0.1) is 6.92 Å². The summed E-state index contributed by atoms with van der Waals surface area (Å²) in [7, 11) is 1.60. The molecule has 0 fully saturated rings. The first-order valence-corrected chi connectivity index (χ1v) is 10.9. The Morgan fingerprint density at radius 3 is 2.61 bits per heavy atom. The minimum Gasteiger partial charge on any atom is -0.365 e. The fourth-order valence-corrected chi connectivity index (χ4v) is 4.83. The van der Waals surface area contributed by atoms with Crippen molar-refractivity contribution in [2.75, 3.05) is 5.32 Å². The number of carbonyl (C=O) groups is 2. The third kappa shape index (κ3) is 3.95. The molecule has 4 aromatic heterocycles. The van der Waals surface area contributed by atoms with E-state index in [1.807, 2.05) is 6.92 Å². The fraction of sp³-hybridized carbons (Fsp3) is 0.250. The van der Waals surface area contributed by atoms with Crippen molar-refractivity contribution in [3.8, 4) is 11.1 Å². The summed E-state index contributed by atoms with van der Waals surface area (Å²) in [5.41, 5.74) is 6.70. The van der Waals surface area contributed by atoms with Crippen LogP contribution >= 0.6 is 22.9 Å². The normalized spacial score (nSPS) is 11.5. The first kappa shape index (κ1) is 22.8. The van der Waals surface area contributed by atoms with Crippen molar-refractivity contribution < 1.29 is 18.4 Å². The van der Waals surface area contributed by atoms with E-state index in [1.54, 1.807) is 24.9 Å². The van der Waals surface area contributed by atoms with Crippen LogP contribution in [0.15, 0.2) is 18.5 Å². The smallest absolute Gasteiger partial charge is 0.280 e. The predicted octanol–water partition coefficient (Wildman–Crippen LogP) is 4.16. The topological polar surface area (TPSA) is 121 Å². The number of nitrogens with two attached hydrogens (primary N) is 1. The number of nitrogens with one attached hydrogen (secondary N) is 1. The standard InChI is InChI=1S/C20H18ClF2N7O2S/c1-4-30-8(2)10(6-25-30)9-5-12(17(22)23)26-20-13(9)15(16(33-20)18(24)31)27-19(32)14-11(21)7-29(3)28-14/h5-7,17H,4H2,1-3H3,(H2,24,31)(H,27,32). The number of hydrogen-bond acceptors (Lipinski definition) is 6. The summed E-state index contributed by atoms with van der Waals surface area (Å²) in [4.78, 5) is 29.2. The van der Waals surface area contributed by atoms with E-state index >= 15 is 0 Å². The Labute approximate surface area is 195 Å². The molecule has 4 heterocycles. The third-order valence-electron chi connectivity index (χ3n) is 5.06. The molecule has 2 amide bonds. The number of rotatable bonds is 6. The van der Waals surface area contributed by atoms with Gasteiger partial charge >= 0.3 is 0 Å². The number of halogens is 3. The maximum Gasteiger partial charge on any atom is 0.280 e. The first-order valence-electron chi connectivity index (χ1n) is 9.71. The van der Waals surface area contributed by atoms with Crippen molar-refractivity contribution in [1.82, 2.24) is 24.5 Å². The second-order valence-electron chi connectivity index (χ2n) is 7.16. The van der Waals surface area contributed by atoms with Crippen LogP contribution in [0.25, 0.3) is 21.3 Å². The highest BCUT2D eigenvalue weighted by Crippen LogP contribution is 2.43. The van der Waals surface area contributed by atoms with Crippen LogP contribution in [-0.4, -0.2) is 36.4 Å². The molecule has 0 aliphatic heterocycles. The number of hydrogen-bond donors (Lipinski definition) is 2. The molecule has 0 aliphatic rings. The zero-order valence-electron chi connectivity index (χ0n) is 17.7. The number of primary amides is 1. The molecule has 4 aromatic rings. The number of amides is 2. The van der Waals surface area contributed by atoms with Crippen LogP contribution in [-0.2, 0) is 13.6 Å². The van der Waals surface area contributed by atoms with Crippen molar-refractivity contribution in [1.29, 1.82) is 0 Å². The number of aromatic nitrogens is 5. The molecular formula is C20H18ClF2N7O2S. The summed E-state index contributed by atoms with van der Waals surface area (Å²) in [5, 5.41) is 11.4. The molecule has 0 bridgehead atoms. The first-order chi connectivity index (χ1) is 15.6. The lowest BCUT2D eigenvalue weighted by molar-refractivity contribution is 0.100. The number of carbonyl (C=O) groups excluding carboxylic acids is 2. The van der Waals surface area contributed by atoms with E-state index in [4.69, 9.17) is 17.3 Å². The van der Waals surface area contributed by atoms with Gasteiger partial charge in [0.15, 0.2) is 5.69 Å². The number of thiophene rings is 1. The van der Waals surface area contributed by atoms with Gasteiger partial charge in [-0.2, -0.15) is 10.2 Å². The highest BCUT2D eigenvalue weighted by Gasteiger charge is 2.27. The molecule has 0 atom stereocenters. The molecule has 0 aliphatic carbocycles. The molecule has 4 rings (SSSR count). The second-order valence-corrected chi connectivity index (χ2v) is 8.57. The number of alkyl halides is 2. The van der Waals surface area contributed by atoms with E-state index in [9.17, 15) is 18.4 Å². The van der Waals surface area contributed by atoms with Crippen LogP contribution in [0.5, 0.6) is 0 Å². The minimum absolute atomic E-state index is 0.0360. The maximum atomic E-state index is 13.6. The molecule has 0 aromatic carbocycles. The zero-order chi connectivity index (χ0) is 24.0. The van der Waals surface area contributed by atoms with Gasteiger partial charge in [0.1, 0.15) is 15.4 Å². The van der Waals surface area contributed by atoms with Crippen molar-refractivity contribution in [3.05, 3.63) is 45.4 Å². The van der Waals surface area contributed by atoms with Gasteiger partial charge in [-0.15, -0.1) is 11.3 Å². The van der Waals surface area contributed by atoms with Crippen LogP contribution in [0.1, 0.15) is 44.9 Å². The lowest BCUT2D eigenvalue weighted by Crippen LogP contribution is -2.17. The van der Waals surface area contributed by atoms with Crippen molar-refractivity contribution in [3.63, 3.8) is 0 Å². The summed E-state index contributed by atoms with van der Waals surface area (Å²) in [6, 6.07) is 1.23. The third-order valence-corrected chi connectivity index (χ3v) is 6.43. The van der Waals surface area contributed by atoms with Crippen LogP contribution in [0.3, 0.4) is 0 Å². The summed E-state index contributed by atoms with van der Waals surface area (Å²) >= 11 is 6.90. The van der Waals surface area contributed by atoms with Crippen LogP contribution in [0.4, 0.5) is 14.5 Å². The van der Waals surface area contributed by atoms with Crippen LogP contribution < -0.4 is 11.1 Å². The second kappa shape index (κ2) is 8.52. The molecule has 172 valence electrons. The Bertz CT molecular complexity index is 1410. The number of pyridine rings is 1. The molecule has 3 N–H and O–H groups in total. The monoisotopic (exact) mass is 493 g/mol. The summed E-state index contributed by atoms with van der Waals surface area (Å²) in [5.74, 6) is -1.53. The van der Waals surface area contributed by atoms with Gasteiger partial charge < -0.3 is 11.1 Å². The lowest BCUT2D eigenvalue weighted by atomic mass is 10.0. The number of fused-ring (bicyclic) bond motifs is 1. The highest BCUT2D eigenvalue weighted by atomic mass is 35.5. The van der Waals surface area contributed by atoms with E-state index in [0.29, 0.717) is 23.1 Å². The summed E-state index contributed by atoms with van der Waals surface area (Å²) < 4.78 is 30.4. The Morgan fingerprint density at radius 2 is 2.06 bits per heavy atom. The zero-order valence-corrected chi connectivity index (χ0v) is 19.3. The van der Waals surface area contributed by atoms with E-state index in [-0.39, 0.29) is 26.1 Å². The molecule has 9 nitrogen and oxygen atoms in total. The predicted molar refractivity (Wildman–Crippen MR) is 121 cm³/mol. The van der Waals surface area contributed by atoms with Gasteiger partial charge in [-0.3, -0.25) is 19.0 Å². The van der Waals surface area contributed by atoms with Gasteiger partial charge in [0, 0.05) is 36.4 Å². The summed E-state index contributed by atoms with van der Waals surface area (Å²) in [6.07, 6.45) is 0.145. The van der Waals surface area contributed by atoms with Gasteiger partial charge in [-0.1, -0.05) is 11.6 Å². The van der Waals surface area contributed by atoms with Gasteiger partial charge in [0.2, 0.25) is 0 Å². The molecule has 0 saturated carbocycles. The molecular weight excluding hydrogens is 476 g/mol. The van der Waals surface area contributed by atoms with Crippen molar-refractivity contribution in [2.24, 2.45) is 12.8 Å². The number of anilines is 1. The average Bonchev–Trinajstić information content (AvgIpc) is 3.41. The Hall–Kier alpha value is -3.38. The van der Waals surface area contributed by atoms with Crippen molar-refractivity contribution >= 4 is 50.7 Å². The van der Waals surface area contributed by atoms with Crippen LogP contribution in [0.2, 0.25) is 5.02 Å². The average molecular weight is 494 g/mol. The number of aryl methyl sites for hydroxylation is 2. The molecule has 0 spiro atoms. The quantitative estimate of drug-likeness (QED) is 0.417. The van der Waals surface area contributed by atoms with E-state index < -0.39 is 23.9 Å². The molecule has 0 saturated heterocycles. The molecule has 13 heteroatoms. The Kier molecular flexibility index (Phi) is 5.89. The SMILES string of the molecule is CCn1ncc(-c2cc(C(F)F)nc3sc(C(N)=O)c(NC(=O)c4nn(C)cc4Cl)c23)c1C. The van der Waals surface area contributed by atoms with E-state index in [2.05, 4.69) is 20.5 Å². The Morgan fingerprint density at radius 1 is 1.33 bits per heavy atom. The van der Waals surface area contributed by atoms with Crippen molar-refractivity contribution in [2.45, 2.75) is 26.8 Å². The van der Waals surface area contributed by atoms with E-state index in [1.165, 1.54) is 16.9 Å². The summed E-state index contributed by atoms with van der Waals surface area (Å²) in [6.45, 7) is 4.27. The molecule has 0 radical (unpaired) electrons. The highest BCUT2D eigenvalue weighted by molar-refractivity contribution is 7.21. The fourth-order valence-electron chi connectivity index (χ4n) is 3.55. The molecule has 33 heavy (non-hydrogen) atoms. The number of nitrogens with zero attached hydrogens (tertiary/aromatic N) is 5. The van der Waals surface area contributed by atoms with Gasteiger partial charge in [0.25, 0.3) is 18.2 Å². The van der Waals surface area contributed by atoms with E-state index in [0.717, 1.165) is 17.0 Å². The maximum absolute atomic E-state index is 13.6. The lowest BCUT2D eigenvalue weighted by Gasteiger charge is -2.10. The van der Waals surface area contributed by atoms with Gasteiger partial charge in [-0.05, 0) is 25.5 Å². The minimum atomic E-state index is -2.85. The Balaban J connectivity index is 1.99.